The molecule has 164 valence electrons. The van der Waals surface area contributed by atoms with E-state index in [4.69, 9.17) is 4.52 Å². The molecule has 0 heterocycles. The van der Waals surface area contributed by atoms with Crippen molar-refractivity contribution < 1.29 is 28.8 Å². The van der Waals surface area contributed by atoms with E-state index in [1.165, 1.54) is 12.5 Å². The molecule has 6 nitrogen and oxygen atoms in total. The zero-order valence-electron chi connectivity index (χ0n) is 17.8. The van der Waals surface area contributed by atoms with Crippen molar-refractivity contribution in [3.8, 4) is 0 Å². The fourth-order valence-electron chi connectivity index (χ4n) is 7.99. The summed E-state index contributed by atoms with van der Waals surface area (Å²) in [6, 6.07) is 0. The van der Waals surface area contributed by atoms with E-state index in [0.717, 1.165) is 32.1 Å². The maximum atomic E-state index is 12.5. The van der Waals surface area contributed by atoms with Gasteiger partial charge in [0.2, 0.25) is 0 Å². The maximum absolute atomic E-state index is 12.5. The van der Waals surface area contributed by atoms with Crippen molar-refractivity contribution in [3.63, 3.8) is 0 Å². The topological polar surface area (TPSA) is 110 Å². The number of hydrogen-bond donors (Lipinski definition) is 1. The highest BCUT2D eigenvalue weighted by atomic mass is 31.2. The first-order chi connectivity index (χ1) is 13.3. The van der Waals surface area contributed by atoms with Crippen LogP contribution in [0.5, 0.6) is 0 Å². The summed E-state index contributed by atoms with van der Waals surface area (Å²) in [6.45, 7) is 7.93. The lowest BCUT2D eigenvalue weighted by atomic mass is 9.46. The van der Waals surface area contributed by atoms with Gasteiger partial charge in [-0.05, 0) is 81.0 Å². The second-order valence-corrected chi connectivity index (χ2v) is 11.7. The predicted molar refractivity (Wildman–Crippen MR) is 104 cm³/mol. The van der Waals surface area contributed by atoms with Crippen LogP contribution < -0.4 is 9.79 Å². The summed E-state index contributed by atoms with van der Waals surface area (Å²) in [5.74, 6) is 1.02. The Labute approximate surface area is 173 Å². The van der Waals surface area contributed by atoms with E-state index in [0.29, 0.717) is 30.6 Å². The summed E-state index contributed by atoms with van der Waals surface area (Å²) in [6.07, 6.45) is 7.11. The number of ketones is 1. The molecule has 4 rings (SSSR count). The van der Waals surface area contributed by atoms with Crippen molar-refractivity contribution in [3.05, 3.63) is 11.6 Å². The van der Waals surface area contributed by atoms with Crippen molar-refractivity contribution in [2.45, 2.75) is 84.3 Å². The quantitative estimate of drug-likeness (QED) is 0.551. The molecule has 1 N–H and O–H groups in total. The zero-order chi connectivity index (χ0) is 21.4. The zero-order valence-corrected chi connectivity index (χ0v) is 18.7. The molecule has 7 heteroatoms. The average Bonchev–Trinajstić information content (AvgIpc) is 2.82. The van der Waals surface area contributed by atoms with E-state index in [-0.39, 0.29) is 22.5 Å². The Morgan fingerprint density at radius 2 is 1.93 bits per heavy atom. The minimum absolute atomic E-state index is 0.0277. The van der Waals surface area contributed by atoms with Gasteiger partial charge in [0.25, 0.3) is 0 Å². The Bertz CT molecular complexity index is 788. The SMILES string of the molecule is CC(=O)[C@@]1(O)[C@H](C)C[C@@H]2[C@H]3CC=C4C[C@H](OP(=O)([O-])[O-])CC[C@]4(C)[C@@H]3CC[C@@]21C. The number of fused-ring (bicyclic) bond motifs is 5. The molecule has 0 aliphatic heterocycles. The van der Waals surface area contributed by atoms with Crippen LogP contribution in [0, 0.1) is 34.5 Å². The molecular formula is C22H33O6P-2. The number of allylic oxidation sites excluding steroid dienone is 1. The van der Waals surface area contributed by atoms with Crippen LogP contribution in [0.15, 0.2) is 11.6 Å². The Morgan fingerprint density at radius 3 is 2.55 bits per heavy atom. The molecule has 4 aliphatic rings. The van der Waals surface area contributed by atoms with Gasteiger partial charge in [-0.25, -0.2) is 0 Å². The number of aliphatic hydroxyl groups is 1. The number of carbonyl (C=O) groups is 1. The van der Waals surface area contributed by atoms with Crippen molar-refractivity contribution in [1.29, 1.82) is 0 Å². The first-order valence-electron chi connectivity index (χ1n) is 11.0. The Balaban J connectivity index is 1.62. The van der Waals surface area contributed by atoms with Gasteiger partial charge in [-0.1, -0.05) is 32.4 Å². The molecule has 0 aromatic carbocycles. The molecule has 0 saturated heterocycles. The molecule has 0 unspecified atom stereocenters. The van der Waals surface area contributed by atoms with Crippen molar-refractivity contribution in [2.24, 2.45) is 34.5 Å². The van der Waals surface area contributed by atoms with E-state index in [1.54, 1.807) is 0 Å². The van der Waals surface area contributed by atoms with Gasteiger partial charge in [-0.2, -0.15) is 0 Å². The molecule has 0 aromatic rings. The number of hydrogen-bond acceptors (Lipinski definition) is 6. The largest absolute Gasteiger partial charge is 0.790 e. The molecule has 0 radical (unpaired) electrons. The average molecular weight is 424 g/mol. The van der Waals surface area contributed by atoms with Crippen molar-refractivity contribution in [2.75, 3.05) is 0 Å². The van der Waals surface area contributed by atoms with Crippen LogP contribution in [0.1, 0.15) is 72.6 Å². The molecule has 0 bridgehead atoms. The molecule has 29 heavy (non-hydrogen) atoms. The van der Waals surface area contributed by atoms with Crippen LogP contribution in [0.3, 0.4) is 0 Å². The van der Waals surface area contributed by atoms with E-state index in [1.807, 2.05) is 6.92 Å². The molecular weight excluding hydrogens is 391 g/mol. The van der Waals surface area contributed by atoms with E-state index >= 15 is 0 Å². The van der Waals surface area contributed by atoms with Crippen molar-refractivity contribution >= 4 is 13.6 Å². The molecule has 0 spiro atoms. The van der Waals surface area contributed by atoms with E-state index in [2.05, 4.69) is 19.9 Å². The van der Waals surface area contributed by atoms with Gasteiger partial charge in [0.05, 0.1) is 13.9 Å². The third kappa shape index (κ3) is 3.05. The van der Waals surface area contributed by atoms with Gasteiger partial charge in [0.1, 0.15) is 5.60 Å². The molecule has 4 aliphatic carbocycles. The second kappa shape index (κ2) is 6.74. The number of phosphoric ester groups is 1. The summed E-state index contributed by atoms with van der Waals surface area (Å²) in [5.41, 5.74) is -0.443. The first-order valence-corrected chi connectivity index (χ1v) is 12.4. The van der Waals surface area contributed by atoms with Crippen LogP contribution in [0.25, 0.3) is 0 Å². The summed E-state index contributed by atoms with van der Waals surface area (Å²) < 4.78 is 15.8. The van der Waals surface area contributed by atoms with Crippen molar-refractivity contribution in [1.82, 2.24) is 0 Å². The van der Waals surface area contributed by atoms with Crippen LogP contribution in [0.4, 0.5) is 0 Å². The number of phosphoric acid groups is 1. The fraction of sp³-hybridized carbons (Fsp3) is 0.864. The molecule has 0 amide bonds. The van der Waals surface area contributed by atoms with Crippen LogP contribution in [0.2, 0.25) is 0 Å². The summed E-state index contributed by atoms with van der Waals surface area (Å²) in [5, 5.41) is 11.5. The maximum Gasteiger partial charge on any atom is 0.162 e. The van der Waals surface area contributed by atoms with Crippen LogP contribution in [-0.2, 0) is 13.9 Å². The van der Waals surface area contributed by atoms with Crippen LogP contribution >= 0.6 is 7.82 Å². The monoisotopic (exact) mass is 424 g/mol. The smallest absolute Gasteiger partial charge is 0.162 e. The highest BCUT2D eigenvalue weighted by Gasteiger charge is 2.67. The van der Waals surface area contributed by atoms with E-state index in [9.17, 15) is 24.3 Å². The van der Waals surface area contributed by atoms with Gasteiger partial charge in [0, 0.05) is 5.41 Å². The Morgan fingerprint density at radius 1 is 1.24 bits per heavy atom. The minimum atomic E-state index is -4.97. The lowest BCUT2D eigenvalue weighted by Gasteiger charge is -2.59. The number of rotatable bonds is 3. The van der Waals surface area contributed by atoms with Gasteiger partial charge < -0.3 is 24.0 Å². The normalized spacial score (nSPS) is 49.6. The molecule has 3 fully saturated rings. The highest BCUT2D eigenvalue weighted by Crippen LogP contribution is 2.68. The van der Waals surface area contributed by atoms with Crippen LogP contribution in [-0.4, -0.2) is 22.6 Å². The van der Waals surface area contributed by atoms with E-state index < -0.39 is 19.5 Å². The second-order valence-electron chi connectivity index (χ2n) is 10.6. The number of carbonyl (C=O) groups excluding carboxylic acids is 1. The van der Waals surface area contributed by atoms with Gasteiger partial charge in [-0.3, -0.25) is 4.79 Å². The lowest BCUT2D eigenvalue weighted by molar-refractivity contribution is -0.345. The summed E-state index contributed by atoms with van der Waals surface area (Å²) in [4.78, 5) is 34.6. The third-order valence-corrected chi connectivity index (χ3v) is 10.0. The highest BCUT2D eigenvalue weighted by molar-refractivity contribution is 7.43. The minimum Gasteiger partial charge on any atom is -0.790 e. The first kappa shape index (κ1) is 21.7. The van der Waals surface area contributed by atoms with Gasteiger partial charge in [-0.15, -0.1) is 0 Å². The summed E-state index contributed by atoms with van der Waals surface area (Å²) in [7, 11) is -4.97. The molecule has 8 atom stereocenters. The molecule has 3 saturated carbocycles. The third-order valence-electron chi connectivity index (χ3n) is 9.45. The Hall–Kier alpha value is -0.520. The number of Topliss-reactive ketones (excluding diaryl/α,β-unsaturated/α-hetero) is 1. The lowest BCUT2D eigenvalue weighted by Crippen LogP contribution is -2.58. The Kier molecular flexibility index (Phi) is 5.04. The van der Waals surface area contributed by atoms with Gasteiger partial charge in [0.15, 0.2) is 5.78 Å². The standard InChI is InChI=1S/C22H35O6P/c1-13-11-19-17-6-5-15-12-16(28-29(25,26)27)7-9-20(15,3)18(17)8-10-21(19,4)22(13,24)14(2)23/h5,13,16-19,24H,6-12H2,1-4H3,(H2,25,26,27)/p-2/t13-,16-,17+,18-,19-,20+,21+,22+/m1/s1. The summed E-state index contributed by atoms with van der Waals surface area (Å²) >= 11 is 0. The molecule has 0 aromatic heterocycles. The van der Waals surface area contributed by atoms with Gasteiger partial charge >= 0.3 is 0 Å². The fourth-order valence-corrected chi connectivity index (χ4v) is 8.54. The predicted octanol–water partition coefficient (Wildman–Crippen LogP) is 2.73.